The fourth-order valence-electron chi connectivity index (χ4n) is 2.72. The maximum Gasteiger partial charge on any atom is 0.320 e. The van der Waals surface area contributed by atoms with E-state index in [9.17, 15) is 4.79 Å². The lowest BCUT2D eigenvalue weighted by Gasteiger charge is -2.15. The van der Waals surface area contributed by atoms with Crippen molar-refractivity contribution in [1.29, 1.82) is 5.41 Å². The van der Waals surface area contributed by atoms with Gasteiger partial charge in [-0.15, -0.1) is 0 Å². The molecule has 0 saturated carbocycles. The lowest BCUT2D eigenvalue weighted by molar-refractivity contribution is 0.249. The van der Waals surface area contributed by atoms with Crippen molar-refractivity contribution in [2.24, 2.45) is 0 Å². The number of carbonyl (C=O) groups excluding carboxylic acids is 1. The number of hydrogen-bond donors (Lipinski definition) is 4. The SMILES string of the molecule is Cc1cc(Nc2cnc(NC(=O)N[C@H](C)c3ccccc3)cc2C=N)ccn1. The smallest absolute Gasteiger partial charge is 0.320 e. The second-order valence-electron chi connectivity index (χ2n) is 6.34. The van der Waals surface area contributed by atoms with Crippen LogP contribution in [0, 0.1) is 12.3 Å². The largest absolute Gasteiger partial charge is 0.354 e. The van der Waals surface area contributed by atoms with Crippen molar-refractivity contribution in [3.05, 3.63) is 77.7 Å². The Bertz CT molecular complexity index is 974. The minimum Gasteiger partial charge on any atom is -0.354 e. The monoisotopic (exact) mass is 374 g/mol. The van der Waals surface area contributed by atoms with E-state index in [1.165, 1.54) is 6.21 Å². The van der Waals surface area contributed by atoms with Crippen LogP contribution >= 0.6 is 0 Å². The van der Waals surface area contributed by atoms with Gasteiger partial charge in [-0.25, -0.2) is 9.78 Å². The first-order valence-electron chi connectivity index (χ1n) is 8.88. The summed E-state index contributed by atoms with van der Waals surface area (Å²) in [4.78, 5) is 20.7. The molecule has 1 aromatic carbocycles. The van der Waals surface area contributed by atoms with Crippen LogP contribution in [0.4, 0.5) is 22.0 Å². The number of nitrogens with zero attached hydrogens (tertiary/aromatic N) is 2. The second kappa shape index (κ2) is 8.77. The van der Waals surface area contributed by atoms with Crippen LogP contribution in [-0.4, -0.2) is 22.2 Å². The number of urea groups is 1. The summed E-state index contributed by atoms with van der Waals surface area (Å²) in [5.41, 5.74) is 4.03. The maximum atomic E-state index is 12.3. The van der Waals surface area contributed by atoms with Gasteiger partial charge in [0.05, 0.1) is 17.9 Å². The minimum absolute atomic E-state index is 0.140. The first-order chi connectivity index (χ1) is 13.5. The van der Waals surface area contributed by atoms with Gasteiger partial charge in [-0.3, -0.25) is 10.3 Å². The van der Waals surface area contributed by atoms with E-state index in [1.54, 1.807) is 18.5 Å². The lowest BCUT2D eigenvalue weighted by Crippen LogP contribution is -2.31. The number of pyridine rings is 2. The summed E-state index contributed by atoms with van der Waals surface area (Å²) >= 11 is 0. The molecule has 2 heterocycles. The predicted octanol–water partition coefficient (Wildman–Crippen LogP) is 4.41. The molecule has 0 saturated heterocycles. The molecule has 2 aromatic heterocycles. The number of anilines is 3. The Hall–Kier alpha value is -3.74. The Balaban J connectivity index is 1.67. The molecule has 0 spiro atoms. The van der Waals surface area contributed by atoms with Gasteiger partial charge >= 0.3 is 6.03 Å². The van der Waals surface area contributed by atoms with E-state index < -0.39 is 0 Å². The molecule has 7 heteroatoms. The van der Waals surface area contributed by atoms with Crippen molar-refractivity contribution in [1.82, 2.24) is 15.3 Å². The number of benzene rings is 1. The molecule has 0 unspecified atom stereocenters. The van der Waals surface area contributed by atoms with Gasteiger partial charge in [-0.1, -0.05) is 30.3 Å². The van der Waals surface area contributed by atoms with E-state index in [-0.39, 0.29) is 12.1 Å². The van der Waals surface area contributed by atoms with Gasteiger partial charge in [0.2, 0.25) is 0 Å². The average Bonchev–Trinajstić information content (AvgIpc) is 2.69. The van der Waals surface area contributed by atoms with E-state index in [0.29, 0.717) is 17.1 Å². The van der Waals surface area contributed by atoms with Gasteiger partial charge < -0.3 is 16.0 Å². The molecule has 0 aliphatic rings. The molecule has 142 valence electrons. The molecule has 28 heavy (non-hydrogen) atoms. The van der Waals surface area contributed by atoms with Crippen molar-refractivity contribution < 1.29 is 4.79 Å². The van der Waals surface area contributed by atoms with E-state index in [2.05, 4.69) is 25.9 Å². The molecule has 0 radical (unpaired) electrons. The summed E-state index contributed by atoms with van der Waals surface area (Å²) in [7, 11) is 0. The topological polar surface area (TPSA) is 103 Å². The Labute approximate surface area is 163 Å². The van der Waals surface area contributed by atoms with E-state index >= 15 is 0 Å². The van der Waals surface area contributed by atoms with Gasteiger partial charge in [-0.05, 0) is 37.6 Å². The summed E-state index contributed by atoms with van der Waals surface area (Å²) < 4.78 is 0. The van der Waals surface area contributed by atoms with Crippen LogP contribution in [0.2, 0.25) is 0 Å². The molecule has 3 rings (SSSR count). The highest BCUT2D eigenvalue weighted by Gasteiger charge is 2.11. The molecule has 7 nitrogen and oxygen atoms in total. The highest BCUT2D eigenvalue weighted by Crippen LogP contribution is 2.21. The average molecular weight is 374 g/mol. The molecular formula is C21H22N6O. The van der Waals surface area contributed by atoms with Crippen LogP contribution in [0.5, 0.6) is 0 Å². The van der Waals surface area contributed by atoms with Crippen LogP contribution < -0.4 is 16.0 Å². The van der Waals surface area contributed by atoms with Crippen molar-refractivity contribution >= 4 is 29.4 Å². The lowest BCUT2D eigenvalue weighted by atomic mass is 10.1. The zero-order valence-electron chi connectivity index (χ0n) is 15.7. The number of carbonyl (C=O) groups is 1. The normalized spacial score (nSPS) is 11.4. The Morgan fingerprint density at radius 1 is 1.14 bits per heavy atom. The Kier molecular flexibility index (Phi) is 5.96. The zero-order valence-corrected chi connectivity index (χ0v) is 15.7. The first-order valence-corrected chi connectivity index (χ1v) is 8.88. The summed E-state index contributed by atoms with van der Waals surface area (Å²) in [6.07, 6.45) is 4.52. The standard InChI is InChI=1S/C21H22N6O/c1-14-10-18(8-9-23-14)26-19-13-24-20(11-17(19)12-22)27-21(28)25-15(2)16-6-4-3-5-7-16/h3-13,15,22H,1-2H3,(H,23,26)(H2,24,25,27,28)/t15-/m1/s1. The highest BCUT2D eigenvalue weighted by atomic mass is 16.2. The van der Waals surface area contributed by atoms with Crippen molar-refractivity contribution in [2.75, 3.05) is 10.6 Å². The number of amides is 2. The molecule has 2 amide bonds. The number of aryl methyl sites for hydroxylation is 1. The third-order valence-corrected chi connectivity index (χ3v) is 4.16. The van der Waals surface area contributed by atoms with Gasteiger partial charge in [-0.2, -0.15) is 0 Å². The molecular weight excluding hydrogens is 352 g/mol. The summed E-state index contributed by atoms with van der Waals surface area (Å²) in [5, 5.41) is 16.5. The van der Waals surface area contributed by atoms with Crippen LogP contribution in [0.3, 0.4) is 0 Å². The Morgan fingerprint density at radius 3 is 2.64 bits per heavy atom. The molecule has 0 aliphatic carbocycles. The minimum atomic E-state index is -0.356. The molecule has 0 aliphatic heterocycles. The molecule has 0 fully saturated rings. The number of rotatable bonds is 6. The third-order valence-electron chi connectivity index (χ3n) is 4.16. The maximum absolute atomic E-state index is 12.3. The third kappa shape index (κ3) is 4.91. The second-order valence-corrected chi connectivity index (χ2v) is 6.34. The van der Waals surface area contributed by atoms with Crippen LogP contribution in [0.15, 0.2) is 60.9 Å². The number of nitrogens with one attached hydrogen (secondary N) is 4. The molecule has 3 aromatic rings. The number of hydrogen-bond acceptors (Lipinski definition) is 5. The zero-order chi connectivity index (χ0) is 19.9. The van der Waals surface area contributed by atoms with Crippen molar-refractivity contribution in [3.63, 3.8) is 0 Å². The summed E-state index contributed by atoms with van der Waals surface area (Å²) in [5.74, 6) is 0.368. The van der Waals surface area contributed by atoms with Crippen LogP contribution in [-0.2, 0) is 0 Å². The van der Waals surface area contributed by atoms with Gasteiger partial charge in [0, 0.05) is 29.4 Å². The van der Waals surface area contributed by atoms with Crippen LogP contribution in [0.1, 0.15) is 29.8 Å². The van der Waals surface area contributed by atoms with Gasteiger partial charge in [0.15, 0.2) is 0 Å². The molecule has 1 atom stereocenters. The van der Waals surface area contributed by atoms with E-state index in [4.69, 9.17) is 5.41 Å². The van der Waals surface area contributed by atoms with Crippen molar-refractivity contribution in [2.45, 2.75) is 19.9 Å². The fourth-order valence-corrected chi connectivity index (χ4v) is 2.72. The fraction of sp³-hybridized carbons (Fsp3) is 0.143. The van der Waals surface area contributed by atoms with Crippen molar-refractivity contribution in [3.8, 4) is 0 Å². The van der Waals surface area contributed by atoms with E-state index in [0.717, 1.165) is 16.9 Å². The quantitative estimate of drug-likeness (QED) is 0.480. The van der Waals surface area contributed by atoms with Gasteiger partial charge in [0.25, 0.3) is 0 Å². The Morgan fingerprint density at radius 2 is 1.93 bits per heavy atom. The predicted molar refractivity (Wildman–Crippen MR) is 111 cm³/mol. The number of aromatic nitrogens is 2. The molecule has 4 N–H and O–H groups in total. The van der Waals surface area contributed by atoms with Gasteiger partial charge in [0.1, 0.15) is 5.82 Å². The van der Waals surface area contributed by atoms with Crippen LogP contribution in [0.25, 0.3) is 0 Å². The first kappa shape index (κ1) is 19.0. The highest BCUT2D eigenvalue weighted by molar-refractivity contribution is 5.92. The summed E-state index contributed by atoms with van der Waals surface area (Å²) in [6.45, 7) is 3.82. The molecule has 0 bridgehead atoms. The summed E-state index contributed by atoms with van der Waals surface area (Å²) in [6, 6.07) is 14.6. The van der Waals surface area contributed by atoms with E-state index in [1.807, 2.05) is 56.3 Å².